The molecule has 0 bridgehead atoms. The first-order valence-corrected chi connectivity index (χ1v) is 8.25. The molecule has 0 spiro atoms. The van der Waals surface area contributed by atoms with E-state index in [9.17, 15) is 9.59 Å². The Morgan fingerprint density at radius 2 is 1.74 bits per heavy atom. The van der Waals surface area contributed by atoms with Crippen molar-refractivity contribution in [2.45, 2.75) is 59.2 Å². The first-order valence-electron chi connectivity index (χ1n) is 8.25. The Kier molecular flexibility index (Phi) is 5.29. The SMILES string of the molecule is Cc1ccc(N2CC(NC(=O)N(C(C)C)C(C)C)CC2=O)cc1. The second-order valence-electron chi connectivity index (χ2n) is 6.79. The van der Waals surface area contributed by atoms with Crippen molar-refractivity contribution in [3.8, 4) is 0 Å². The lowest BCUT2D eigenvalue weighted by Crippen LogP contribution is -2.51. The monoisotopic (exact) mass is 317 g/mol. The third kappa shape index (κ3) is 4.03. The van der Waals surface area contributed by atoms with Gasteiger partial charge in [0.05, 0.1) is 6.04 Å². The minimum Gasteiger partial charge on any atom is -0.333 e. The zero-order valence-electron chi connectivity index (χ0n) is 14.7. The summed E-state index contributed by atoms with van der Waals surface area (Å²) in [6, 6.07) is 7.90. The zero-order valence-corrected chi connectivity index (χ0v) is 14.7. The van der Waals surface area contributed by atoms with Crippen molar-refractivity contribution in [3.05, 3.63) is 29.8 Å². The molecule has 1 unspecified atom stereocenters. The summed E-state index contributed by atoms with van der Waals surface area (Å²) in [6.45, 7) is 10.5. The second kappa shape index (κ2) is 7.02. The van der Waals surface area contributed by atoms with Gasteiger partial charge in [0.1, 0.15) is 0 Å². The fourth-order valence-corrected chi connectivity index (χ4v) is 3.09. The van der Waals surface area contributed by atoms with E-state index in [1.807, 2.05) is 58.9 Å². The smallest absolute Gasteiger partial charge is 0.318 e. The highest BCUT2D eigenvalue weighted by Gasteiger charge is 2.33. The predicted octanol–water partition coefficient (Wildman–Crippen LogP) is 2.93. The molecule has 2 rings (SSSR count). The number of carbonyl (C=O) groups excluding carboxylic acids is 2. The maximum absolute atomic E-state index is 12.5. The van der Waals surface area contributed by atoms with Crippen molar-refractivity contribution in [3.63, 3.8) is 0 Å². The molecule has 0 aromatic heterocycles. The van der Waals surface area contributed by atoms with Gasteiger partial charge in [0, 0.05) is 30.7 Å². The van der Waals surface area contributed by atoms with E-state index < -0.39 is 0 Å². The summed E-state index contributed by atoms with van der Waals surface area (Å²) in [4.78, 5) is 28.3. The Labute approximate surface area is 138 Å². The topological polar surface area (TPSA) is 52.7 Å². The molecule has 126 valence electrons. The van der Waals surface area contributed by atoms with Gasteiger partial charge in [-0.15, -0.1) is 0 Å². The van der Waals surface area contributed by atoms with Crippen LogP contribution in [-0.2, 0) is 4.79 Å². The van der Waals surface area contributed by atoms with Crippen LogP contribution in [0.25, 0.3) is 0 Å². The summed E-state index contributed by atoms with van der Waals surface area (Å²) in [7, 11) is 0. The number of hydrogen-bond donors (Lipinski definition) is 1. The summed E-state index contributed by atoms with van der Waals surface area (Å²) in [5, 5.41) is 3.01. The predicted molar refractivity (Wildman–Crippen MR) is 92.6 cm³/mol. The third-order valence-electron chi connectivity index (χ3n) is 4.15. The lowest BCUT2D eigenvalue weighted by atomic mass is 10.2. The van der Waals surface area contributed by atoms with Crippen LogP contribution >= 0.6 is 0 Å². The summed E-state index contributed by atoms with van der Waals surface area (Å²) < 4.78 is 0. The quantitative estimate of drug-likeness (QED) is 0.928. The first kappa shape index (κ1) is 17.3. The van der Waals surface area contributed by atoms with E-state index in [1.54, 1.807) is 9.80 Å². The van der Waals surface area contributed by atoms with E-state index in [1.165, 1.54) is 0 Å². The molecule has 1 N–H and O–H groups in total. The van der Waals surface area contributed by atoms with E-state index in [0.717, 1.165) is 11.3 Å². The maximum Gasteiger partial charge on any atom is 0.318 e. The minimum absolute atomic E-state index is 0.0554. The Morgan fingerprint density at radius 3 is 2.26 bits per heavy atom. The van der Waals surface area contributed by atoms with E-state index >= 15 is 0 Å². The van der Waals surface area contributed by atoms with Crippen LogP contribution in [0.2, 0.25) is 0 Å². The normalized spacial score (nSPS) is 18.0. The molecule has 5 nitrogen and oxygen atoms in total. The Hall–Kier alpha value is -2.04. The number of anilines is 1. The van der Waals surface area contributed by atoms with Gasteiger partial charge in [-0.1, -0.05) is 17.7 Å². The molecule has 23 heavy (non-hydrogen) atoms. The standard InChI is InChI=1S/C18H27N3O2/c1-12(2)21(13(3)4)18(23)19-15-10-17(22)20(11-15)16-8-6-14(5)7-9-16/h6-9,12-13,15H,10-11H2,1-5H3,(H,19,23). The van der Waals surface area contributed by atoms with E-state index in [0.29, 0.717) is 13.0 Å². The van der Waals surface area contributed by atoms with Gasteiger partial charge in [-0.05, 0) is 46.8 Å². The number of carbonyl (C=O) groups is 2. The largest absolute Gasteiger partial charge is 0.333 e. The molecule has 0 saturated carbocycles. The van der Waals surface area contributed by atoms with Crippen LogP contribution < -0.4 is 10.2 Å². The Morgan fingerprint density at radius 1 is 1.17 bits per heavy atom. The van der Waals surface area contributed by atoms with Crippen LogP contribution in [0.15, 0.2) is 24.3 Å². The minimum atomic E-state index is -0.142. The molecular formula is C18H27N3O2. The number of amides is 3. The van der Waals surface area contributed by atoms with Crippen molar-refractivity contribution in [1.29, 1.82) is 0 Å². The highest BCUT2D eigenvalue weighted by atomic mass is 16.2. The van der Waals surface area contributed by atoms with Crippen molar-refractivity contribution in [2.75, 3.05) is 11.4 Å². The average molecular weight is 317 g/mol. The molecule has 0 radical (unpaired) electrons. The highest BCUT2D eigenvalue weighted by Crippen LogP contribution is 2.22. The van der Waals surface area contributed by atoms with Crippen LogP contribution in [0.3, 0.4) is 0 Å². The molecule has 1 aliphatic rings. The molecule has 1 fully saturated rings. The number of nitrogens with one attached hydrogen (secondary N) is 1. The zero-order chi connectivity index (χ0) is 17.1. The van der Waals surface area contributed by atoms with Gasteiger partial charge in [0.25, 0.3) is 0 Å². The van der Waals surface area contributed by atoms with Gasteiger partial charge in [0.2, 0.25) is 5.91 Å². The Balaban J connectivity index is 2.02. The lowest BCUT2D eigenvalue weighted by molar-refractivity contribution is -0.117. The number of hydrogen-bond acceptors (Lipinski definition) is 2. The number of nitrogens with zero attached hydrogens (tertiary/aromatic N) is 2. The number of rotatable bonds is 4. The Bertz CT molecular complexity index is 558. The summed E-state index contributed by atoms with van der Waals surface area (Å²) >= 11 is 0. The van der Waals surface area contributed by atoms with Gasteiger partial charge in [0.15, 0.2) is 0 Å². The van der Waals surface area contributed by atoms with Gasteiger partial charge in [-0.25, -0.2) is 4.79 Å². The molecule has 1 atom stereocenters. The number of aryl methyl sites for hydroxylation is 1. The van der Waals surface area contributed by atoms with Crippen LogP contribution in [0.1, 0.15) is 39.7 Å². The summed E-state index contributed by atoms with van der Waals surface area (Å²) in [6.07, 6.45) is 0.351. The highest BCUT2D eigenvalue weighted by molar-refractivity contribution is 5.96. The molecule has 0 aliphatic carbocycles. The number of urea groups is 1. The fourth-order valence-electron chi connectivity index (χ4n) is 3.09. The average Bonchev–Trinajstić information content (AvgIpc) is 2.79. The van der Waals surface area contributed by atoms with Gasteiger partial charge >= 0.3 is 6.03 Å². The molecule has 1 heterocycles. The van der Waals surface area contributed by atoms with Crippen LogP contribution in [0.5, 0.6) is 0 Å². The molecule has 1 aromatic rings. The van der Waals surface area contributed by atoms with Crippen molar-refractivity contribution in [2.24, 2.45) is 0 Å². The second-order valence-corrected chi connectivity index (χ2v) is 6.79. The summed E-state index contributed by atoms with van der Waals surface area (Å²) in [5.41, 5.74) is 2.05. The molecule has 5 heteroatoms. The maximum atomic E-state index is 12.5. The lowest BCUT2D eigenvalue weighted by Gasteiger charge is -2.32. The molecule has 3 amide bonds. The van der Waals surface area contributed by atoms with E-state index in [2.05, 4.69) is 5.32 Å². The molecule has 1 saturated heterocycles. The molecule has 1 aliphatic heterocycles. The van der Waals surface area contributed by atoms with Crippen LogP contribution in [-0.4, -0.2) is 41.5 Å². The van der Waals surface area contributed by atoms with Gasteiger partial charge in [-0.2, -0.15) is 0 Å². The first-order chi connectivity index (χ1) is 10.8. The van der Waals surface area contributed by atoms with Gasteiger partial charge < -0.3 is 15.1 Å². The van der Waals surface area contributed by atoms with Crippen LogP contribution in [0, 0.1) is 6.92 Å². The van der Waals surface area contributed by atoms with E-state index in [4.69, 9.17) is 0 Å². The van der Waals surface area contributed by atoms with Crippen molar-refractivity contribution >= 4 is 17.6 Å². The van der Waals surface area contributed by atoms with Crippen molar-refractivity contribution < 1.29 is 9.59 Å². The third-order valence-corrected chi connectivity index (χ3v) is 4.15. The van der Waals surface area contributed by atoms with Gasteiger partial charge in [-0.3, -0.25) is 4.79 Å². The molecular weight excluding hydrogens is 290 g/mol. The fraction of sp³-hybridized carbons (Fsp3) is 0.556. The van der Waals surface area contributed by atoms with Crippen LogP contribution in [0.4, 0.5) is 10.5 Å². The molecule has 1 aromatic carbocycles. The summed E-state index contributed by atoms with van der Waals surface area (Å²) in [5.74, 6) is 0.0554. The number of benzene rings is 1. The van der Waals surface area contributed by atoms with Crippen molar-refractivity contribution in [1.82, 2.24) is 10.2 Å². The van der Waals surface area contributed by atoms with E-state index in [-0.39, 0.29) is 30.1 Å².